The fourth-order valence-corrected chi connectivity index (χ4v) is 2.52. The van der Waals surface area contributed by atoms with Crippen molar-refractivity contribution in [2.75, 3.05) is 7.11 Å². The Labute approximate surface area is 124 Å². The van der Waals surface area contributed by atoms with Crippen molar-refractivity contribution >= 4 is 16.7 Å². The molecule has 0 aliphatic carbocycles. The lowest BCUT2D eigenvalue weighted by atomic mass is 10.0. The molecule has 0 heterocycles. The third-order valence-corrected chi connectivity index (χ3v) is 3.62. The van der Waals surface area contributed by atoms with E-state index in [1.807, 2.05) is 43.3 Å². The van der Waals surface area contributed by atoms with Crippen LogP contribution < -0.4 is 10.1 Å². The maximum absolute atomic E-state index is 11.2. The van der Waals surface area contributed by atoms with Gasteiger partial charge in [-0.05, 0) is 23.3 Å². The van der Waals surface area contributed by atoms with Gasteiger partial charge in [0.15, 0.2) is 0 Å². The first kappa shape index (κ1) is 15.3. The molecule has 4 heteroatoms. The van der Waals surface area contributed by atoms with Crippen molar-refractivity contribution in [3.63, 3.8) is 0 Å². The SMILES string of the molecule is CCCC(NCc1c(OC)ccc2ccccc12)C(=O)O. The van der Waals surface area contributed by atoms with Crippen LogP contribution in [0.5, 0.6) is 5.75 Å². The Morgan fingerprint density at radius 3 is 2.71 bits per heavy atom. The quantitative estimate of drug-likeness (QED) is 0.821. The molecule has 21 heavy (non-hydrogen) atoms. The Bertz CT molecular complexity index is 624. The highest BCUT2D eigenvalue weighted by molar-refractivity contribution is 5.87. The Hall–Kier alpha value is -2.07. The molecule has 0 aliphatic heterocycles. The fraction of sp³-hybridized carbons (Fsp3) is 0.353. The summed E-state index contributed by atoms with van der Waals surface area (Å²) in [5.74, 6) is -0.0297. The van der Waals surface area contributed by atoms with Crippen molar-refractivity contribution in [1.82, 2.24) is 5.32 Å². The number of hydrogen-bond donors (Lipinski definition) is 2. The van der Waals surface area contributed by atoms with Crippen molar-refractivity contribution in [2.24, 2.45) is 0 Å². The summed E-state index contributed by atoms with van der Waals surface area (Å²) in [5, 5.41) is 14.6. The summed E-state index contributed by atoms with van der Waals surface area (Å²) in [6, 6.07) is 11.4. The van der Waals surface area contributed by atoms with Gasteiger partial charge in [-0.2, -0.15) is 0 Å². The molecule has 0 bridgehead atoms. The van der Waals surface area contributed by atoms with Crippen LogP contribution in [0.3, 0.4) is 0 Å². The number of nitrogens with one attached hydrogen (secondary N) is 1. The molecule has 2 aromatic carbocycles. The van der Waals surface area contributed by atoms with E-state index in [1.165, 1.54) is 0 Å². The molecular formula is C17H21NO3. The maximum Gasteiger partial charge on any atom is 0.320 e. The average molecular weight is 287 g/mol. The predicted octanol–water partition coefficient (Wildman–Crippen LogP) is 3.19. The Morgan fingerprint density at radius 1 is 1.29 bits per heavy atom. The topological polar surface area (TPSA) is 58.6 Å². The third kappa shape index (κ3) is 3.52. The number of carbonyl (C=O) groups is 1. The number of rotatable bonds is 7. The molecule has 0 saturated carbocycles. The van der Waals surface area contributed by atoms with E-state index in [2.05, 4.69) is 5.32 Å². The number of methoxy groups -OCH3 is 1. The summed E-state index contributed by atoms with van der Waals surface area (Å²) in [6.07, 6.45) is 1.44. The van der Waals surface area contributed by atoms with Crippen molar-refractivity contribution in [3.05, 3.63) is 42.0 Å². The Balaban J connectivity index is 2.29. The first-order valence-corrected chi connectivity index (χ1v) is 7.18. The standard InChI is InChI=1S/C17H21NO3/c1-3-6-15(17(19)20)18-11-14-13-8-5-4-7-12(13)9-10-16(14)21-2/h4-5,7-10,15,18H,3,6,11H2,1-2H3,(H,19,20). The van der Waals surface area contributed by atoms with Gasteiger partial charge >= 0.3 is 5.97 Å². The zero-order valence-electron chi connectivity index (χ0n) is 12.4. The van der Waals surface area contributed by atoms with Crippen LogP contribution in [-0.2, 0) is 11.3 Å². The van der Waals surface area contributed by atoms with E-state index < -0.39 is 12.0 Å². The number of carboxylic acids is 1. The van der Waals surface area contributed by atoms with Crippen LogP contribution in [0, 0.1) is 0 Å². The minimum atomic E-state index is -0.809. The predicted molar refractivity (Wildman–Crippen MR) is 83.7 cm³/mol. The van der Waals surface area contributed by atoms with E-state index >= 15 is 0 Å². The normalized spacial score (nSPS) is 12.3. The van der Waals surface area contributed by atoms with E-state index in [0.29, 0.717) is 13.0 Å². The van der Waals surface area contributed by atoms with E-state index in [4.69, 9.17) is 4.74 Å². The van der Waals surface area contributed by atoms with Gasteiger partial charge in [0.05, 0.1) is 7.11 Å². The third-order valence-electron chi connectivity index (χ3n) is 3.62. The molecular weight excluding hydrogens is 266 g/mol. The van der Waals surface area contributed by atoms with Gasteiger partial charge in [0, 0.05) is 12.1 Å². The van der Waals surface area contributed by atoms with Gasteiger partial charge < -0.3 is 15.2 Å². The monoisotopic (exact) mass is 287 g/mol. The van der Waals surface area contributed by atoms with Gasteiger partial charge in [0.1, 0.15) is 11.8 Å². The Kier molecular flexibility index (Phi) is 5.17. The molecule has 2 N–H and O–H groups in total. The second-order valence-corrected chi connectivity index (χ2v) is 5.03. The lowest BCUT2D eigenvalue weighted by molar-refractivity contribution is -0.139. The number of benzene rings is 2. The molecule has 2 rings (SSSR count). The summed E-state index contributed by atoms with van der Waals surface area (Å²) in [7, 11) is 1.63. The maximum atomic E-state index is 11.2. The van der Waals surface area contributed by atoms with E-state index in [1.54, 1.807) is 7.11 Å². The van der Waals surface area contributed by atoms with Crippen molar-refractivity contribution in [1.29, 1.82) is 0 Å². The van der Waals surface area contributed by atoms with Crippen LogP contribution in [0.2, 0.25) is 0 Å². The summed E-state index contributed by atoms with van der Waals surface area (Å²) in [4.78, 5) is 11.2. The molecule has 0 fully saturated rings. The van der Waals surface area contributed by atoms with Crippen LogP contribution >= 0.6 is 0 Å². The van der Waals surface area contributed by atoms with Crippen molar-refractivity contribution in [3.8, 4) is 5.75 Å². The molecule has 0 aromatic heterocycles. The van der Waals surface area contributed by atoms with Gasteiger partial charge in [-0.25, -0.2) is 0 Å². The second-order valence-electron chi connectivity index (χ2n) is 5.03. The van der Waals surface area contributed by atoms with Crippen molar-refractivity contribution < 1.29 is 14.6 Å². The number of aliphatic carboxylic acids is 1. The molecule has 0 saturated heterocycles. The molecule has 2 aromatic rings. The number of hydrogen-bond acceptors (Lipinski definition) is 3. The zero-order chi connectivity index (χ0) is 15.2. The molecule has 112 valence electrons. The van der Waals surface area contributed by atoms with Gasteiger partial charge in [0.2, 0.25) is 0 Å². The lowest BCUT2D eigenvalue weighted by Gasteiger charge is -2.17. The van der Waals surface area contributed by atoms with Crippen LogP contribution in [0.1, 0.15) is 25.3 Å². The van der Waals surface area contributed by atoms with Crippen LogP contribution in [0.25, 0.3) is 10.8 Å². The molecule has 0 radical (unpaired) electrons. The van der Waals surface area contributed by atoms with Gasteiger partial charge in [-0.3, -0.25) is 4.79 Å². The first-order valence-electron chi connectivity index (χ1n) is 7.18. The van der Waals surface area contributed by atoms with Crippen LogP contribution in [0.4, 0.5) is 0 Å². The molecule has 4 nitrogen and oxygen atoms in total. The van der Waals surface area contributed by atoms with Crippen LogP contribution in [0.15, 0.2) is 36.4 Å². The molecule has 0 amide bonds. The summed E-state index contributed by atoms with van der Waals surface area (Å²) in [6.45, 7) is 2.46. The number of ether oxygens (including phenoxy) is 1. The van der Waals surface area contributed by atoms with Gasteiger partial charge in [-0.1, -0.05) is 43.7 Å². The fourth-order valence-electron chi connectivity index (χ4n) is 2.52. The number of fused-ring (bicyclic) bond motifs is 1. The highest BCUT2D eigenvalue weighted by Gasteiger charge is 2.17. The molecule has 1 unspecified atom stereocenters. The summed E-state index contributed by atoms with van der Waals surface area (Å²) >= 11 is 0. The lowest BCUT2D eigenvalue weighted by Crippen LogP contribution is -2.36. The number of carboxylic acid groups (broad SMARTS) is 1. The van der Waals surface area contributed by atoms with Gasteiger partial charge in [-0.15, -0.1) is 0 Å². The molecule has 0 spiro atoms. The highest BCUT2D eigenvalue weighted by Crippen LogP contribution is 2.27. The van der Waals surface area contributed by atoms with E-state index in [0.717, 1.165) is 28.5 Å². The van der Waals surface area contributed by atoms with E-state index in [9.17, 15) is 9.90 Å². The van der Waals surface area contributed by atoms with E-state index in [-0.39, 0.29) is 0 Å². The first-order chi connectivity index (χ1) is 10.2. The average Bonchev–Trinajstić information content (AvgIpc) is 2.50. The summed E-state index contributed by atoms with van der Waals surface area (Å²) in [5.41, 5.74) is 0.998. The van der Waals surface area contributed by atoms with Crippen LogP contribution in [-0.4, -0.2) is 24.2 Å². The smallest absolute Gasteiger partial charge is 0.320 e. The summed E-state index contributed by atoms with van der Waals surface area (Å²) < 4.78 is 5.42. The highest BCUT2D eigenvalue weighted by atomic mass is 16.5. The zero-order valence-corrected chi connectivity index (χ0v) is 12.4. The Morgan fingerprint density at radius 2 is 2.05 bits per heavy atom. The minimum Gasteiger partial charge on any atom is -0.496 e. The molecule has 0 aliphatic rings. The van der Waals surface area contributed by atoms with Crippen molar-refractivity contribution in [2.45, 2.75) is 32.4 Å². The van der Waals surface area contributed by atoms with Gasteiger partial charge in [0.25, 0.3) is 0 Å². The molecule has 1 atom stereocenters. The second kappa shape index (κ2) is 7.09. The minimum absolute atomic E-state index is 0.474. The largest absolute Gasteiger partial charge is 0.496 e.